The third kappa shape index (κ3) is 4.70. The number of carbonyl (C=O) groups excluding carboxylic acids is 1. The Kier molecular flexibility index (Phi) is 5.70. The molecule has 21 heavy (non-hydrogen) atoms. The molecule has 0 atom stereocenters. The summed E-state index contributed by atoms with van der Waals surface area (Å²) in [7, 11) is 0. The van der Waals surface area contributed by atoms with Crippen LogP contribution in [0.15, 0.2) is 0 Å². The normalized spacial score (nSPS) is 23.2. The molecule has 1 saturated heterocycles. The molecule has 2 fully saturated rings. The van der Waals surface area contributed by atoms with Gasteiger partial charge in [-0.05, 0) is 49.9 Å². The predicted octanol–water partition coefficient (Wildman–Crippen LogP) is 3.58. The molecule has 2 aliphatic rings. The zero-order chi connectivity index (χ0) is 15.5. The van der Waals surface area contributed by atoms with Crippen molar-refractivity contribution in [1.82, 2.24) is 10.2 Å². The smallest absolute Gasteiger partial charge is 0.222 e. The molecule has 0 aromatic rings. The number of nitrogens with one attached hydrogen (secondary N) is 1. The molecule has 2 rings (SSSR count). The molecule has 0 bridgehead atoms. The van der Waals surface area contributed by atoms with E-state index in [2.05, 4.69) is 37.9 Å². The Morgan fingerprint density at radius 3 is 2.14 bits per heavy atom. The number of amides is 1. The van der Waals surface area contributed by atoms with Gasteiger partial charge in [0, 0.05) is 31.6 Å². The number of rotatable bonds is 4. The van der Waals surface area contributed by atoms with E-state index in [-0.39, 0.29) is 0 Å². The Balaban J connectivity index is 1.77. The van der Waals surface area contributed by atoms with Gasteiger partial charge in [0.15, 0.2) is 0 Å². The molecule has 1 aliphatic heterocycles. The number of hydrogen-bond acceptors (Lipinski definition) is 2. The SMILES string of the molecule is CC(C)CC(=O)N1CCC2(CCC(NC(C)C)CC2)CC1. The van der Waals surface area contributed by atoms with Gasteiger partial charge in [0.25, 0.3) is 0 Å². The van der Waals surface area contributed by atoms with Crippen LogP contribution in [-0.4, -0.2) is 36.0 Å². The van der Waals surface area contributed by atoms with E-state index in [9.17, 15) is 4.79 Å². The summed E-state index contributed by atoms with van der Waals surface area (Å²) in [6.07, 6.45) is 8.51. The highest BCUT2D eigenvalue weighted by Gasteiger charge is 2.38. The molecule has 1 aliphatic carbocycles. The fourth-order valence-corrected chi connectivity index (χ4v) is 4.08. The van der Waals surface area contributed by atoms with Crippen LogP contribution in [0.4, 0.5) is 0 Å². The second-order valence-corrected chi connectivity index (χ2v) is 8.07. The first kappa shape index (κ1) is 16.8. The van der Waals surface area contributed by atoms with Gasteiger partial charge in [-0.1, -0.05) is 27.7 Å². The van der Waals surface area contributed by atoms with Crippen molar-refractivity contribution >= 4 is 5.91 Å². The summed E-state index contributed by atoms with van der Waals surface area (Å²) in [5, 5.41) is 3.69. The summed E-state index contributed by atoms with van der Waals surface area (Å²) in [6.45, 7) is 10.7. The van der Waals surface area contributed by atoms with E-state index in [0.717, 1.165) is 19.1 Å². The minimum atomic E-state index is 0.370. The molecule has 0 unspecified atom stereocenters. The number of hydrogen-bond donors (Lipinski definition) is 1. The second kappa shape index (κ2) is 7.13. The van der Waals surface area contributed by atoms with Crippen LogP contribution in [0, 0.1) is 11.3 Å². The average molecular weight is 294 g/mol. The van der Waals surface area contributed by atoms with E-state index in [0.29, 0.717) is 29.7 Å². The van der Waals surface area contributed by atoms with Gasteiger partial charge < -0.3 is 10.2 Å². The maximum atomic E-state index is 12.2. The number of nitrogens with zero attached hydrogens (tertiary/aromatic N) is 1. The summed E-state index contributed by atoms with van der Waals surface area (Å²) in [5.41, 5.74) is 0.545. The molecule has 3 heteroatoms. The van der Waals surface area contributed by atoms with Crippen LogP contribution in [0.2, 0.25) is 0 Å². The summed E-state index contributed by atoms with van der Waals surface area (Å²) < 4.78 is 0. The van der Waals surface area contributed by atoms with E-state index in [4.69, 9.17) is 0 Å². The molecule has 1 spiro atoms. The van der Waals surface area contributed by atoms with Gasteiger partial charge in [0.05, 0.1) is 0 Å². The topological polar surface area (TPSA) is 32.3 Å². The van der Waals surface area contributed by atoms with E-state index >= 15 is 0 Å². The van der Waals surface area contributed by atoms with E-state index in [1.165, 1.54) is 38.5 Å². The molecule has 1 saturated carbocycles. The highest BCUT2D eigenvalue weighted by molar-refractivity contribution is 5.76. The first-order chi connectivity index (χ1) is 9.90. The van der Waals surface area contributed by atoms with Crippen LogP contribution < -0.4 is 5.32 Å². The first-order valence-electron chi connectivity index (χ1n) is 8.94. The Morgan fingerprint density at radius 1 is 1.10 bits per heavy atom. The van der Waals surface area contributed by atoms with Crippen molar-refractivity contribution < 1.29 is 4.79 Å². The maximum Gasteiger partial charge on any atom is 0.222 e. The first-order valence-corrected chi connectivity index (χ1v) is 8.94. The fraction of sp³-hybridized carbons (Fsp3) is 0.944. The molecule has 1 amide bonds. The molecule has 0 aromatic heterocycles. The molecule has 122 valence electrons. The van der Waals surface area contributed by atoms with Crippen molar-refractivity contribution in [3.63, 3.8) is 0 Å². The maximum absolute atomic E-state index is 12.2. The largest absolute Gasteiger partial charge is 0.343 e. The Morgan fingerprint density at radius 2 is 1.67 bits per heavy atom. The van der Waals surface area contributed by atoms with Gasteiger partial charge in [-0.25, -0.2) is 0 Å². The van der Waals surface area contributed by atoms with Crippen molar-refractivity contribution in [2.45, 2.75) is 84.7 Å². The Labute approximate surface area is 130 Å². The number of piperidine rings is 1. The monoisotopic (exact) mass is 294 g/mol. The average Bonchev–Trinajstić information content (AvgIpc) is 2.41. The third-order valence-electron chi connectivity index (χ3n) is 5.37. The minimum Gasteiger partial charge on any atom is -0.343 e. The third-order valence-corrected chi connectivity index (χ3v) is 5.37. The van der Waals surface area contributed by atoms with Crippen LogP contribution in [-0.2, 0) is 4.79 Å². The summed E-state index contributed by atoms with van der Waals surface area (Å²) in [6, 6.07) is 1.32. The quantitative estimate of drug-likeness (QED) is 0.859. The second-order valence-electron chi connectivity index (χ2n) is 8.07. The van der Waals surface area contributed by atoms with Gasteiger partial charge in [-0.2, -0.15) is 0 Å². The zero-order valence-corrected chi connectivity index (χ0v) is 14.5. The van der Waals surface area contributed by atoms with Crippen molar-refractivity contribution in [2.75, 3.05) is 13.1 Å². The van der Waals surface area contributed by atoms with Crippen LogP contribution >= 0.6 is 0 Å². The molecule has 1 N–H and O–H groups in total. The van der Waals surface area contributed by atoms with Crippen LogP contribution in [0.5, 0.6) is 0 Å². The number of carbonyl (C=O) groups is 1. The standard InChI is InChI=1S/C18H34N2O/c1-14(2)13-17(21)20-11-9-18(10-12-20)7-5-16(6-8-18)19-15(3)4/h14-16,19H,5-13H2,1-4H3. The molecule has 0 aromatic carbocycles. The van der Waals surface area contributed by atoms with E-state index in [1.807, 2.05) is 0 Å². The lowest BCUT2D eigenvalue weighted by atomic mass is 9.67. The number of likely N-dealkylation sites (tertiary alicyclic amines) is 1. The van der Waals surface area contributed by atoms with Crippen LogP contribution in [0.25, 0.3) is 0 Å². The van der Waals surface area contributed by atoms with E-state index in [1.54, 1.807) is 0 Å². The van der Waals surface area contributed by atoms with E-state index < -0.39 is 0 Å². The van der Waals surface area contributed by atoms with Crippen molar-refractivity contribution in [3.05, 3.63) is 0 Å². The summed E-state index contributed by atoms with van der Waals surface area (Å²) in [5.74, 6) is 0.848. The zero-order valence-electron chi connectivity index (χ0n) is 14.5. The molecule has 3 nitrogen and oxygen atoms in total. The predicted molar refractivity (Wildman–Crippen MR) is 88.2 cm³/mol. The lowest BCUT2D eigenvalue weighted by molar-refractivity contribution is -0.134. The lowest BCUT2D eigenvalue weighted by Gasteiger charge is -2.46. The van der Waals surface area contributed by atoms with Gasteiger partial charge in [-0.15, -0.1) is 0 Å². The summed E-state index contributed by atoms with van der Waals surface area (Å²) >= 11 is 0. The highest BCUT2D eigenvalue weighted by atomic mass is 16.2. The Hall–Kier alpha value is -0.570. The van der Waals surface area contributed by atoms with Crippen molar-refractivity contribution in [1.29, 1.82) is 0 Å². The molecule has 0 radical (unpaired) electrons. The molecule has 1 heterocycles. The summed E-state index contributed by atoms with van der Waals surface area (Å²) in [4.78, 5) is 14.3. The van der Waals surface area contributed by atoms with Crippen molar-refractivity contribution in [2.24, 2.45) is 11.3 Å². The van der Waals surface area contributed by atoms with Gasteiger partial charge in [0.1, 0.15) is 0 Å². The molecular formula is C18H34N2O. The Bertz CT molecular complexity index is 333. The van der Waals surface area contributed by atoms with Crippen molar-refractivity contribution in [3.8, 4) is 0 Å². The highest BCUT2D eigenvalue weighted by Crippen LogP contribution is 2.44. The van der Waals surface area contributed by atoms with Crippen LogP contribution in [0.1, 0.15) is 72.6 Å². The van der Waals surface area contributed by atoms with Gasteiger partial charge >= 0.3 is 0 Å². The lowest BCUT2D eigenvalue weighted by Crippen LogP contribution is -2.47. The fourth-order valence-electron chi connectivity index (χ4n) is 4.08. The van der Waals surface area contributed by atoms with Crippen LogP contribution in [0.3, 0.4) is 0 Å². The van der Waals surface area contributed by atoms with Gasteiger partial charge in [-0.3, -0.25) is 4.79 Å². The molecular weight excluding hydrogens is 260 g/mol. The van der Waals surface area contributed by atoms with Gasteiger partial charge in [0.2, 0.25) is 5.91 Å². The minimum absolute atomic E-state index is 0.370.